The van der Waals surface area contributed by atoms with Crippen LogP contribution in [0, 0.1) is 0 Å². The fourth-order valence-electron chi connectivity index (χ4n) is 9.81. The normalized spacial score (nSPS) is 17.7. The van der Waals surface area contributed by atoms with Crippen LogP contribution in [0.15, 0.2) is 96.1 Å². The van der Waals surface area contributed by atoms with Crippen molar-refractivity contribution in [1.29, 1.82) is 0 Å². The molecule has 4 aromatic rings. The Morgan fingerprint density at radius 2 is 0.893 bits per heavy atom. The van der Waals surface area contributed by atoms with Gasteiger partial charge in [0.25, 0.3) is 0 Å². The van der Waals surface area contributed by atoms with Crippen LogP contribution < -0.4 is 0 Å². The van der Waals surface area contributed by atoms with E-state index in [1.54, 1.807) is 0 Å². The zero-order valence-corrected chi connectivity index (χ0v) is 41.4. The topological polar surface area (TPSA) is 0 Å². The van der Waals surface area contributed by atoms with Gasteiger partial charge in [0, 0.05) is 0 Å². The molecule has 2 aliphatic carbocycles. The van der Waals surface area contributed by atoms with Gasteiger partial charge in [-0.05, 0) is 0 Å². The number of allylic oxidation sites excluding steroid dienone is 2. The summed E-state index contributed by atoms with van der Waals surface area (Å²) in [7, 11) is 17.9. The van der Waals surface area contributed by atoms with Gasteiger partial charge in [0.2, 0.25) is 0 Å². The number of hydrogen-bond donors (Lipinski definition) is 0. The zero-order chi connectivity index (χ0) is 40.5. The predicted molar refractivity (Wildman–Crippen MR) is 251 cm³/mol. The van der Waals surface area contributed by atoms with E-state index in [9.17, 15) is 0 Å². The molecule has 6 rings (SSSR count). The molecule has 299 valence electrons. The second-order valence-electron chi connectivity index (χ2n) is 19.6. The molecule has 2 atom stereocenters. The van der Waals surface area contributed by atoms with Crippen molar-refractivity contribution < 1.29 is 15.6 Å². The van der Waals surface area contributed by atoms with E-state index < -0.39 is 21.5 Å². The van der Waals surface area contributed by atoms with Gasteiger partial charge >= 0.3 is 353 Å². The van der Waals surface area contributed by atoms with Gasteiger partial charge in [-0.2, -0.15) is 0 Å². The van der Waals surface area contributed by atoms with E-state index in [1.807, 2.05) is 0 Å². The van der Waals surface area contributed by atoms with Crippen molar-refractivity contribution in [3.63, 3.8) is 0 Å². The van der Waals surface area contributed by atoms with E-state index in [-0.39, 0.29) is 18.1 Å². The molecule has 0 aliphatic heterocycles. The molecule has 2 aliphatic rings. The second kappa shape index (κ2) is 17.3. The van der Waals surface area contributed by atoms with Gasteiger partial charge in [-0.25, -0.2) is 0 Å². The Labute approximate surface area is 350 Å². The minimum absolute atomic E-state index is 0.113. The van der Waals surface area contributed by atoms with Crippen molar-refractivity contribution in [2.45, 2.75) is 151 Å². The summed E-state index contributed by atoms with van der Waals surface area (Å²) < 4.78 is 0.225. The van der Waals surface area contributed by atoms with Crippen LogP contribution in [0.1, 0.15) is 160 Å². The molecule has 0 nitrogen and oxygen atoms in total. The van der Waals surface area contributed by atoms with Gasteiger partial charge in [0.1, 0.15) is 0 Å². The summed E-state index contributed by atoms with van der Waals surface area (Å²) in [6.07, 6.45) is 17.2. The third-order valence-corrected chi connectivity index (χ3v) is 65.1. The molecular weight excluding hydrogens is 815 g/mol. The summed E-state index contributed by atoms with van der Waals surface area (Å²) >= 11 is -4.95. The second-order valence-corrected chi connectivity index (χ2v) is 62.1. The van der Waals surface area contributed by atoms with Gasteiger partial charge in [0.05, 0.1) is 0 Å². The van der Waals surface area contributed by atoms with Crippen LogP contribution in [0.3, 0.4) is 0 Å². The Balaban J connectivity index is 1.54. The molecule has 0 aromatic heterocycles. The first-order valence-corrected chi connectivity index (χ1v) is 38.3. The molecule has 0 spiro atoms. The van der Waals surface area contributed by atoms with E-state index in [1.165, 1.54) is 118 Å². The zero-order valence-electron chi connectivity index (χ0n) is 36.3. The van der Waals surface area contributed by atoms with Crippen molar-refractivity contribution in [2.24, 2.45) is 0 Å². The van der Waals surface area contributed by atoms with Crippen LogP contribution in [0.4, 0.5) is 0 Å². The number of fused-ring (bicyclic) bond motifs is 2. The Bertz CT molecular complexity index is 1910. The van der Waals surface area contributed by atoms with Gasteiger partial charge < -0.3 is 0 Å². The maximum atomic E-state index is 8.96. The van der Waals surface area contributed by atoms with Crippen molar-refractivity contribution in [2.75, 3.05) is 0 Å². The third-order valence-electron chi connectivity index (χ3n) is 13.3. The average molecular weight is 884 g/mol. The first-order valence-electron chi connectivity index (χ1n) is 22.0. The molecule has 0 radical (unpaired) electrons. The van der Waals surface area contributed by atoms with E-state index in [0.717, 1.165) is 12.8 Å². The monoisotopic (exact) mass is 881 g/mol. The van der Waals surface area contributed by atoms with Crippen molar-refractivity contribution in [3.8, 4) is 22.3 Å². The summed E-state index contributed by atoms with van der Waals surface area (Å²) in [5, 5.41) is 0. The van der Waals surface area contributed by atoms with Gasteiger partial charge in [-0.1, -0.05) is 0 Å². The maximum absolute atomic E-state index is 8.96. The summed E-state index contributed by atoms with van der Waals surface area (Å²) in [6, 6.07) is 32.7. The SMILES string of the molecule is CCCCCCC1=Cc2c(-c3ccc(C(C)(C)C)cc3)cccc2[CH]1[Zr]([Cl])([Cl])([CH]1C(CCCCCC)=Cc2c(-c3ccc(C(C)(C)C)cc3)cccc21)[SiH](C)C. The molecular formula is C52H69Cl2SiZr. The molecule has 0 fully saturated rings. The molecule has 0 amide bonds. The van der Waals surface area contributed by atoms with Gasteiger partial charge in [-0.3, -0.25) is 0 Å². The first kappa shape index (κ1) is 43.6. The molecule has 4 heteroatoms. The Hall–Kier alpha value is -1.96. The van der Waals surface area contributed by atoms with Crippen LogP contribution in [-0.2, 0) is 26.4 Å². The van der Waals surface area contributed by atoms with Crippen LogP contribution in [0.5, 0.6) is 0 Å². The van der Waals surface area contributed by atoms with E-state index in [2.05, 4.69) is 166 Å². The fourth-order valence-corrected chi connectivity index (χ4v) is 41.3. The number of rotatable bonds is 15. The average Bonchev–Trinajstić information content (AvgIpc) is 3.74. The van der Waals surface area contributed by atoms with Crippen LogP contribution >= 0.6 is 17.0 Å². The molecule has 4 aromatic carbocycles. The number of benzene rings is 4. The van der Waals surface area contributed by atoms with E-state index in [0.29, 0.717) is 0 Å². The first-order chi connectivity index (χ1) is 26.5. The fraction of sp³-hybridized carbons (Fsp3) is 0.462. The summed E-state index contributed by atoms with van der Waals surface area (Å²) in [4.78, 5) is 0. The molecule has 56 heavy (non-hydrogen) atoms. The molecule has 0 saturated carbocycles. The Morgan fingerprint density at radius 1 is 0.518 bits per heavy atom. The van der Waals surface area contributed by atoms with Crippen LogP contribution in [-0.4, -0.2) is 5.92 Å². The predicted octanol–water partition coefficient (Wildman–Crippen LogP) is 17.1. The van der Waals surface area contributed by atoms with Gasteiger partial charge in [-0.15, -0.1) is 0 Å². The molecule has 0 N–H and O–H groups in total. The quantitative estimate of drug-likeness (QED) is 0.0824. The molecule has 2 unspecified atom stereocenters. The van der Waals surface area contributed by atoms with Crippen LogP contribution in [0.2, 0.25) is 13.1 Å². The minimum atomic E-state index is -4.95. The molecule has 0 bridgehead atoms. The number of unbranched alkanes of at least 4 members (excludes halogenated alkanes) is 6. The summed E-state index contributed by atoms with van der Waals surface area (Å²) in [5.74, 6) is -1.68. The summed E-state index contributed by atoms with van der Waals surface area (Å²) in [6.45, 7) is 23.4. The van der Waals surface area contributed by atoms with Gasteiger partial charge in [0.15, 0.2) is 0 Å². The van der Waals surface area contributed by atoms with E-state index >= 15 is 0 Å². The number of halogens is 2. The van der Waals surface area contributed by atoms with Crippen molar-refractivity contribution in [3.05, 3.63) is 129 Å². The van der Waals surface area contributed by atoms with E-state index in [4.69, 9.17) is 17.0 Å². The van der Waals surface area contributed by atoms with Crippen LogP contribution in [0.25, 0.3) is 34.4 Å². The van der Waals surface area contributed by atoms with Crippen molar-refractivity contribution in [1.82, 2.24) is 0 Å². The molecule has 0 heterocycles. The summed E-state index contributed by atoms with van der Waals surface area (Å²) in [5.41, 5.74) is 16.7. The third kappa shape index (κ3) is 8.53. The number of hydrogen-bond acceptors (Lipinski definition) is 0. The standard InChI is InChI=1S/2C25H31.C2H7Si.2ClH.Zr/c2*1-5-6-7-8-10-19-17-21-11-9-12-23(24(21)18-19)20-13-15-22(16-14-20)25(2,3)4;1-3-2;;;/h2*9,11-18H,5-8,10H2,1-4H3;3H,1-2H3;2*1H;/q;;;;;+2/p-2. The van der Waals surface area contributed by atoms with Crippen molar-refractivity contribution >= 4 is 35.1 Å². The molecule has 0 saturated heterocycles. The Morgan fingerprint density at radius 3 is 1.21 bits per heavy atom. The Kier molecular flexibility index (Phi) is 13.5.